The Bertz CT molecular complexity index is 78.1. The van der Waals surface area contributed by atoms with E-state index in [1.54, 1.807) is 0 Å². The predicted molar refractivity (Wildman–Crippen MR) is 46.1 cm³/mol. The fourth-order valence-electron chi connectivity index (χ4n) is 0.829. The molecule has 62 valence electrons. The maximum absolute atomic E-state index is 5.44. The molecule has 0 spiro atoms. The Labute approximate surface area is 72.5 Å². The van der Waals surface area contributed by atoms with Gasteiger partial charge in [-0.25, -0.2) is 9.67 Å². The minimum atomic E-state index is 0.263. The third-order valence-corrected chi connectivity index (χ3v) is 1.70. The summed E-state index contributed by atoms with van der Waals surface area (Å²) in [7, 11) is 0. The molecule has 2 nitrogen and oxygen atoms in total. The second-order valence-electron chi connectivity index (χ2n) is 2.77. The third kappa shape index (κ3) is 5.30. The van der Waals surface area contributed by atoms with Gasteiger partial charge in [0.15, 0.2) is 0 Å². The first-order valence-electron chi connectivity index (χ1n) is 3.40. The van der Waals surface area contributed by atoms with Gasteiger partial charge >= 0.3 is 0 Å². The van der Waals surface area contributed by atoms with Gasteiger partial charge in [-0.1, -0.05) is 13.8 Å². The van der Waals surface area contributed by atoms with Crippen LogP contribution in [0.4, 0.5) is 0 Å². The molecule has 0 saturated heterocycles. The van der Waals surface area contributed by atoms with Crippen LogP contribution in [0.5, 0.6) is 0 Å². The lowest BCUT2D eigenvalue weighted by Gasteiger charge is -2.14. The Morgan fingerprint density at radius 2 is 1.90 bits per heavy atom. The van der Waals surface area contributed by atoms with Crippen molar-refractivity contribution in [2.75, 3.05) is 6.54 Å². The van der Waals surface area contributed by atoms with Crippen molar-refractivity contribution < 1.29 is 0 Å². The van der Waals surface area contributed by atoms with Crippen molar-refractivity contribution in [2.24, 2.45) is 5.92 Å². The number of nitrogens with one attached hydrogen (secondary N) is 2. The summed E-state index contributed by atoms with van der Waals surface area (Å²) in [5.74, 6) is 0.640. The average Bonchev–Trinajstić information content (AvgIpc) is 1.86. The van der Waals surface area contributed by atoms with Gasteiger partial charge in [0.1, 0.15) is 0 Å². The highest BCUT2D eigenvalue weighted by atomic mass is 35.5. The van der Waals surface area contributed by atoms with Gasteiger partial charge in [-0.05, 0) is 35.9 Å². The van der Waals surface area contributed by atoms with Gasteiger partial charge in [0.2, 0.25) is 0 Å². The summed E-state index contributed by atoms with van der Waals surface area (Å²) in [6, 6.07) is 0.263. The van der Waals surface area contributed by atoms with Crippen LogP contribution in [0.1, 0.15) is 20.3 Å². The normalized spacial score (nSPS) is 14.1. The molecule has 0 saturated carbocycles. The fourth-order valence-corrected chi connectivity index (χ4v) is 1.18. The van der Waals surface area contributed by atoms with Crippen LogP contribution in [-0.2, 0) is 0 Å². The molecule has 0 unspecified atom stereocenters. The quantitative estimate of drug-likeness (QED) is 0.639. The fraction of sp³-hybridized carbons (Fsp3) is 1.00. The summed E-state index contributed by atoms with van der Waals surface area (Å²) < 4.78 is 0. The summed E-state index contributed by atoms with van der Waals surface area (Å²) in [5, 5.41) is 0. The number of halogens is 2. The van der Waals surface area contributed by atoms with Crippen LogP contribution in [0, 0.1) is 5.92 Å². The van der Waals surface area contributed by atoms with Crippen molar-refractivity contribution >= 4 is 23.6 Å². The molecule has 10 heavy (non-hydrogen) atoms. The van der Waals surface area contributed by atoms with Gasteiger partial charge < -0.3 is 0 Å². The third-order valence-electron chi connectivity index (χ3n) is 1.23. The summed E-state index contributed by atoms with van der Waals surface area (Å²) >= 11 is 10.8. The number of hydrogen-bond acceptors (Lipinski definition) is 2. The van der Waals surface area contributed by atoms with Crippen molar-refractivity contribution in [1.82, 2.24) is 9.67 Å². The van der Waals surface area contributed by atoms with Gasteiger partial charge in [0, 0.05) is 12.6 Å². The van der Waals surface area contributed by atoms with Crippen LogP contribution in [0.25, 0.3) is 0 Å². The summed E-state index contributed by atoms with van der Waals surface area (Å²) in [6.45, 7) is 4.99. The van der Waals surface area contributed by atoms with E-state index in [1.165, 1.54) is 0 Å². The molecule has 0 aliphatic heterocycles. The minimum absolute atomic E-state index is 0.263. The Morgan fingerprint density at radius 3 is 2.20 bits per heavy atom. The van der Waals surface area contributed by atoms with E-state index in [1.807, 2.05) is 0 Å². The van der Waals surface area contributed by atoms with Crippen molar-refractivity contribution in [3.05, 3.63) is 0 Å². The molecule has 0 bridgehead atoms. The van der Waals surface area contributed by atoms with E-state index in [2.05, 4.69) is 23.5 Å². The van der Waals surface area contributed by atoms with Crippen LogP contribution < -0.4 is 9.67 Å². The Hall–Kier alpha value is 0.500. The van der Waals surface area contributed by atoms with Crippen molar-refractivity contribution in [2.45, 2.75) is 26.3 Å². The zero-order chi connectivity index (χ0) is 7.98. The minimum Gasteiger partial charge on any atom is -0.232 e. The standard InChI is InChI=1S/C6H14Cl2N2/c1-5(2)3-6(10-8)4-9-7/h5-6,9-10H,3-4H2,1-2H3/t6-/m0/s1. The van der Waals surface area contributed by atoms with Crippen molar-refractivity contribution in [1.29, 1.82) is 0 Å². The zero-order valence-electron chi connectivity index (χ0n) is 6.32. The smallest absolute Gasteiger partial charge is 0.0361 e. The molecule has 0 amide bonds. The summed E-state index contributed by atoms with van der Waals surface area (Å²) in [5.41, 5.74) is 0. The molecular formula is C6H14Cl2N2. The first-order valence-corrected chi connectivity index (χ1v) is 4.16. The number of rotatable bonds is 5. The predicted octanol–water partition coefficient (Wildman–Crippen LogP) is 1.89. The molecule has 0 aromatic rings. The molecule has 1 atom stereocenters. The Balaban J connectivity index is 3.39. The molecule has 0 radical (unpaired) electrons. The van der Waals surface area contributed by atoms with Crippen LogP contribution in [0.2, 0.25) is 0 Å². The van der Waals surface area contributed by atoms with Gasteiger partial charge in [-0.3, -0.25) is 0 Å². The summed E-state index contributed by atoms with van der Waals surface area (Å²) in [6.07, 6.45) is 1.03. The second-order valence-corrected chi connectivity index (χ2v) is 3.26. The van der Waals surface area contributed by atoms with Crippen molar-refractivity contribution in [3.63, 3.8) is 0 Å². The van der Waals surface area contributed by atoms with Gasteiger partial charge in [-0.2, -0.15) is 0 Å². The van der Waals surface area contributed by atoms with Gasteiger partial charge in [-0.15, -0.1) is 0 Å². The molecule has 0 aromatic carbocycles. The molecule has 0 rings (SSSR count). The largest absolute Gasteiger partial charge is 0.232 e. The van der Waals surface area contributed by atoms with Gasteiger partial charge in [0.25, 0.3) is 0 Å². The van der Waals surface area contributed by atoms with Gasteiger partial charge in [0.05, 0.1) is 0 Å². The maximum Gasteiger partial charge on any atom is 0.0361 e. The van der Waals surface area contributed by atoms with E-state index in [0.717, 1.165) is 6.42 Å². The van der Waals surface area contributed by atoms with E-state index in [-0.39, 0.29) is 6.04 Å². The lowest BCUT2D eigenvalue weighted by atomic mass is 10.1. The van der Waals surface area contributed by atoms with Crippen LogP contribution in [-0.4, -0.2) is 12.6 Å². The molecular weight excluding hydrogens is 171 g/mol. The monoisotopic (exact) mass is 184 g/mol. The maximum atomic E-state index is 5.44. The highest BCUT2D eigenvalue weighted by Gasteiger charge is 2.07. The SMILES string of the molecule is CC(C)C[C@@H](CNCl)NCl. The molecule has 0 aliphatic carbocycles. The number of hydrogen-bond donors (Lipinski definition) is 2. The average molecular weight is 185 g/mol. The van der Waals surface area contributed by atoms with E-state index >= 15 is 0 Å². The molecule has 0 aromatic heterocycles. The first kappa shape index (κ1) is 10.5. The highest BCUT2D eigenvalue weighted by molar-refractivity contribution is 6.14. The van der Waals surface area contributed by atoms with Crippen molar-refractivity contribution in [3.8, 4) is 0 Å². The van der Waals surface area contributed by atoms with E-state index in [9.17, 15) is 0 Å². The van der Waals surface area contributed by atoms with E-state index < -0.39 is 0 Å². The van der Waals surface area contributed by atoms with Crippen LogP contribution in [0.15, 0.2) is 0 Å². The molecule has 2 N–H and O–H groups in total. The molecule has 4 heteroatoms. The van der Waals surface area contributed by atoms with E-state index in [4.69, 9.17) is 23.6 Å². The summed E-state index contributed by atoms with van der Waals surface area (Å²) in [4.78, 5) is 5.21. The molecule has 0 heterocycles. The Morgan fingerprint density at radius 1 is 1.30 bits per heavy atom. The molecule has 0 aliphatic rings. The highest BCUT2D eigenvalue weighted by Crippen LogP contribution is 2.04. The Kier molecular flexibility index (Phi) is 6.54. The second kappa shape index (κ2) is 6.23. The van der Waals surface area contributed by atoms with Crippen LogP contribution >= 0.6 is 23.6 Å². The van der Waals surface area contributed by atoms with Crippen LogP contribution in [0.3, 0.4) is 0 Å². The topological polar surface area (TPSA) is 24.1 Å². The zero-order valence-corrected chi connectivity index (χ0v) is 7.84. The van der Waals surface area contributed by atoms with E-state index in [0.29, 0.717) is 12.5 Å². The first-order chi connectivity index (χ1) is 4.70. The lowest BCUT2D eigenvalue weighted by molar-refractivity contribution is 0.471. The molecule has 0 fully saturated rings. The lowest BCUT2D eigenvalue weighted by Crippen LogP contribution is -2.31.